The predicted molar refractivity (Wildman–Crippen MR) is 24.3 cm³/mol. The Morgan fingerprint density at radius 3 is 1.60 bits per heavy atom. The molecule has 0 aliphatic carbocycles. The van der Waals surface area contributed by atoms with E-state index in [1.54, 1.807) is 0 Å². The van der Waals surface area contributed by atoms with Crippen molar-refractivity contribution in [1.82, 2.24) is 0 Å². The maximum atomic E-state index is 5.15. The molecule has 1 nitrogen and oxygen atoms in total. The molecular weight excluding hydrogens is 232 g/mol. The first kappa shape index (κ1) is 6.63. The van der Waals surface area contributed by atoms with Crippen LogP contribution in [0.25, 0.3) is 0 Å². The maximum absolute atomic E-state index is 5.15. The molecule has 5 heteroatoms. The molecule has 0 unspecified atom stereocenters. The van der Waals surface area contributed by atoms with Gasteiger partial charge >= 0.3 is 52.5 Å². The second-order valence-electron chi connectivity index (χ2n) is 0.256. The fraction of sp³-hybridized carbons (Fsp3) is 0. The van der Waals surface area contributed by atoms with Gasteiger partial charge in [-0.2, -0.15) is 0 Å². The summed E-state index contributed by atoms with van der Waals surface area (Å²) < 4.78 is 4.61. The van der Waals surface area contributed by atoms with Gasteiger partial charge in [0.2, 0.25) is 0 Å². The Hall–Kier alpha value is 1.63. The second kappa shape index (κ2) is 5.63. The summed E-state index contributed by atoms with van der Waals surface area (Å²) in [5.74, 6) is 0. The van der Waals surface area contributed by atoms with E-state index in [4.69, 9.17) is 20.0 Å². The molecular formula is Cl2Ge2O. The number of hydrogen-bond acceptors (Lipinski definition) is 1. The van der Waals surface area contributed by atoms with Crippen molar-refractivity contribution in [3.63, 3.8) is 0 Å². The molecule has 0 aliphatic heterocycles. The van der Waals surface area contributed by atoms with Crippen LogP contribution < -0.4 is 0 Å². The quantitative estimate of drug-likeness (QED) is 0.632. The van der Waals surface area contributed by atoms with Crippen LogP contribution >= 0.6 is 20.0 Å². The SMILES string of the molecule is [Cl][Ge][O][Ge][Cl]. The van der Waals surface area contributed by atoms with Gasteiger partial charge in [-0.05, 0) is 0 Å². The second-order valence-corrected chi connectivity index (χ2v) is 5.16. The molecule has 0 saturated heterocycles. The van der Waals surface area contributed by atoms with Crippen LogP contribution in [-0.2, 0) is 2.79 Å². The molecule has 0 aromatic rings. The molecule has 0 spiro atoms. The summed E-state index contributed by atoms with van der Waals surface area (Å²) in [5.41, 5.74) is 0. The van der Waals surface area contributed by atoms with E-state index in [-0.39, 0.29) is 0 Å². The summed E-state index contributed by atoms with van der Waals surface area (Å²) in [6, 6.07) is 0. The third-order valence-electron chi connectivity index (χ3n) is 0.0772. The van der Waals surface area contributed by atoms with Gasteiger partial charge in [0.25, 0.3) is 0 Å². The van der Waals surface area contributed by atoms with E-state index in [1.807, 2.05) is 0 Å². The number of hydrogen-bond donors (Lipinski definition) is 0. The van der Waals surface area contributed by atoms with Gasteiger partial charge < -0.3 is 0 Å². The van der Waals surface area contributed by atoms with Gasteiger partial charge in [-0.3, -0.25) is 0 Å². The summed E-state index contributed by atoms with van der Waals surface area (Å²) in [6.45, 7) is 0. The third kappa shape index (κ3) is 5.63. The Morgan fingerprint density at radius 2 is 1.60 bits per heavy atom. The normalized spacial score (nSPS) is 8.40. The van der Waals surface area contributed by atoms with Crippen molar-refractivity contribution in [2.24, 2.45) is 0 Å². The first-order valence-corrected chi connectivity index (χ1v) is 8.01. The Kier molecular flexibility index (Phi) is 7.45. The molecule has 4 radical (unpaired) electrons. The molecule has 5 heavy (non-hydrogen) atoms. The van der Waals surface area contributed by atoms with Crippen LogP contribution in [0.3, 0.4) is 0 Å². The summed E-state index contributed by atoms with van der Waals surface area (Å²) in [6.07, 6.45) is 0. The Bertz CT molecular complexity index is 15.1. The fourth-order valence-corrected chi connectivity index (χ4v) is 3.54. The van der Waals surface area contributed by atoms with Crippen LogP contribution in [0.2, 0.25) is 0 Å². The van der Waals surface area contributed by atoms with Gasteiger partial charge in [-0.25, -0.2) is 0 Å². The van der Waals surface area contributed by atoms with E-state index < -0.39 is 29.7 Å². The molecule has 0 amide bonds. The minimum absolute atomic E-state index is 0.597. The van der Waals surface area contributed by atoms with Crippen LogP contribution in [0.4, 0.5) is 0 Å². The molecule has 0 aliphatic rings. The molecule has 0 rings (SSSR count). The van der Waals surface area contributed by atoms with E-state index in [1.165, 1.54) is 0 Å². The molecule has 0 heterocycles. The van der Waals surface area contributed by atoms with Crippen molar-refractivity contribution >= 4 is 49.7 Å². The summed E-state index contributed by atoms with van der Waals surface area (Å²) >= 11 is -1.19. The van der Waals surface area contributed by atoms with E-state index in [0.717, 1.165) is 0 Å². The van der Waals surface area contributed by atoms with Gasteiger partial charge in [0.05, 0.1) is 0 Å². The van der Waals surface area contributed by atoms with Gasteiger partial charge in [-0.1, -0.05) is 0 Å². The van der Waals surface area contributed by atoms with Gasteiger partial charge in [0.1, 0.15) is 0 Å². The summed E-state index contributed by atoms with van der Waals surface area (Å²) in [7, 11) is 10.3. The molecule has 28 valence electrons. The Morgan fingerprint density at radius 1 is 1.20 bits per heavy atom. The Balaban J connectivity index is 2.19. The van der Waals surface area contributed by atoms with Crippen molar-refractivity contribution < 1.29 is 2.79 Å². The van der Waals surface area contributed by atoms with Crippen LogP contribution in [0.15, 0.2) is 0 Å². The molecule has 0 aromatic carbocycles. The van der Waals surface area contributed by atoms with Crippen molar-refractivity contribution in [3.8, 4) is 0 Å². The first-order valence-electron chi connectivity index (χ1n) is 0.786. The molecule has 0 N–H and O–H groups in total. The van der Waals surface area contributed by atoms with Crippen molar-refractivity contribution in [3.05, 3.63) is 0 Å². The molecule has 0 bridgehead atoms. The average Bonchev–Trinajstić information content (AvgIpc) is 1.41. The van der Waals surface area contributed by atoms with Crippen molar-refractivity contribution in [2.75, 3.05) is 0 Å². The van der Waals surface area contributed by atoms with E-state index in [2.05, 4.69) is 2.79 Å². The predicted octanol–water partition coefficient (Wildman–Crippen LogP) is 0.549. The minimum atomic E-state index is -0.597. The number of halogens is 2. The molecule has 0 atom stereocenters. The van der Waals surface area contributed by atoms with Crippen LogP contribution in [0.1, 0.15) is 0 Å². The van der Waals surface area contributed by atoms with Gasteiger partial charge in [-0.15, -0.1) is 0 Å². The van der Waals surface area contributed by atoms with Crippen LogP contribution in [0, 0.1) is 0 Å². The first-order chi connectivity index (χ1) is 2.41. The fourth-order valence-electron chi connectivity index (χ4n) is 0.0146. The zero-order valence-corrected chi connectivity index (χ0v) is 7.87. The van der Waals surface area contributed by atoms with E-state index in [9.17, 15) is 0 Å². The molecule has 0 aromatic heterocycles. The van der Waals surface area contributed by atoms with E-state index in [0.29, 0.717) is 0 Å². The molecule has 0 fully saturated rings. The molecule has 0 saturated carbocycles. The average molecular weight is 232 g/mol. The van der Waals surface area contributed by atoms with Crippen molar-refractivity contribution in [2.45, 2.75) is 0 Å². The number of rotatable bonds is 2. The third-order valence-corrected chi connectivity index (χ3v) is 6.25. The zero-order valence-electron chi connectivity index (χ0n) is 2.16. The standard InChI is InChI=1S/Cl2Ge2O/c1-3-5-4-2. The van der Waals surface area contributed by atoms with Gasteiger partial charge in [0.15, 0.2) is 0 Å². The monoisotopic (exact) mass is 234 g/mol. The van der Waals surface area contributed by atoms with Gasteiger partial charge in [0, 0.05) is 0 Å². The van der Waals surface area contributed by atoms with Crippen molar-refractivity contribution in [1.29, 1.82) is 0 Å². The Labute approximate surface area is 52.4 Å². The topological polar surface area (TPSA) is 9.23 Å². The zero-order chi connectivity index (χ0) is 4.12. The summed E-state index contributed by atoms with van der Waals surface area (Å²) in [4.78, 5) is 0. The van der Waals surface area contributed by atoms with Crippen LogP contribution in [-0.4, -0.2) is 29.7 Å². The van der Waals surface area contributed by atoms with Crippen LogP contribution in [0.5, 0.6) is 0 Å². The van der Waals surface area contributed by atoms with E-state index >= 15 is 0 Å². The summed E-state index contributed by atoms with van der Waals surface area (Å²) in [5, 5.41) is 0.